The Morgan fingerprint density at radius 1 is 1.35 bits per heavy atom. The standard InChI is InChI=1S/C16H24N2OS/c1-12(2)5-4-10-18-15(19)11-17-16(18)13-6-8-14(20-3)9-7-13/h6-9,12,16-17H,4-5,10-11H2,1-3H3. The molecule has 1 fully saturated rings. The SMILES string of the molecule is CSc1ccc(C2NCC(=O)N2CCCC(C)C)cc1. The summed E-state index contributed by atoms with van der Waals surface area (Å²) >= 11 is 1.74. The third kappa shape index (κ3) is 3.76. The van der Waals surface area contributed by atoms with E-state index in [9.17, 15) is 4.79 Å². The highest BCUT2D eigenvalue weighted by atomic mass is 32.2. The van der Waals surface area contributed by atoms with Crippen molar-refractivity contribution in [2.45, 2.75) is 37.8 Å². The van der Waals surface area contributed by atoms with E-state index in [0.717, 1.165) is 13.0 Å². The van der Waals surface area contributed by atoms with Crippen molar-refractivity contribution in [1.82, 2.24) is 10.2 Å². The minimum absolute atomic E-state index is 0.0468. The number of carbonyl (C=O) groups is 1. The van der Waals surface area contributed by atoms with E-state index in [1.165, 1.54) is 16.9 Å². The molecule has 3 nitrogen and oxygen atoms in total. The van der Waals surface area contributed by atoms with E-state index in [1.54, 1.807) is 11.8 Å². The van der Waals surface area contributed by atoms with Gasteiger partial charge in [0.1, 0.15) is 6.17 Å². The van der Waals surface area contributed by atoms with Gasteiger partial charge in [-0.15, -0.1) is 11.8 Å². The van der Waals surface area contributed by atoms with Crippen LogP contribution in [0.5, 0.6) is 0 Å². The number of benzene rings is 1. The molecule has 110 valence electrons. The molecule has 1 saturated heterocycles. The molecule has 2 rings (SSSR count). The molecule has 1 amide bonds. The Kier molecular flexibility index (Phi) is 5.49. The number of nitrogens with one attached hydrogen (secondary N) is 1. The van der Waals surface area contributed by atoms with Crippen LogP contribution in [-0.2, 0) is 4.79 Å². The molecule has 1 aromatic carbocycles. The van der Waals surface area contributed by atoms with Crippen LogP contribution in [0.3, 0.4) is 0 Å². The molecule has 0 bridgehead atoms. The lowest BCUT2D eigenvalue weighted by Crippen LogP contribution is -2.31. The molecule has 1 unspecified atom stereocenters. The van der Waals surface area contributed by atoms with Crippen molar-refractivity contribution in [2.24, 2.45) is 5.92 Å². The fraction of sp³-hybridized carbons (Fsp3) is 0.562. The van der Waals surface area contributed by atoms with Gasteiger partial charge in [0.05, 0.1) is 6.54 Å². The van der Waals surface area contributed by atoms with E-state index < -0.39 is 0 Å². The lowest BCUT2D eigenvalue weighted by atomic mass is 10.1. The molecule has 4 heteroatoms. The average molecular weight is 292 g/mol. The van der Waals surface area contributed by atoms with Crippen molar-refractivity contribution >= 4 is 17.7 Å². The quantitative estimate of drug-likeness (QED) is 0.817. The summed E-state index contributed by atoms with van der Waals surface area (Å²) in [6.45, 7) is 5.75. The van der Waals surface area contributed by atoms with E-state index in [4.69, 9.17) is 0 Å². The minimum Gasteiger partial charge on any atom is -0.322 e. The first-order valence-electron chi connectivity index (χ1n) is 7.28. The molecule has 1 aliphatic heterocycles. The number of amides is 1. The van der Waals surface area contributed by atoms with Crippen LogP contribution in [-0.4, -0.2) is 30.2 Å². The second-order valence-electron chi connectivity index (χ2n) is 5.68. The van der Waals surface area contributed by atoms with Crippen LogP contribution < -0.4 is 5.32 Å². The van der Waals surface area contributed by atoms with Crippen LogP contribution >= 0.6 is 11.8 Å². The molecule has 0 saturated carbocycles. The molecular weight excluding hydrogens is 268 g/mol. The molecule has 0 spiro atoms. The molecule has 1 N–H and O–H groups in total. The summed E-state index contributed by atoms with van der Waals surface area (Å²) in [5.41, 5.74) is 1.18. The molecule has 0 radical (unpaired) electrons. The largest absolute Gasteiger partial charge is 0.322 e. The maximum absolute atomic E-state index is 12.0. The second kappa shape index (κ2) is 7.14. The van der Waals surface area contributed by atoms with Gasteiger partial charge in [-0.3, -0.25) is 10.1 Å². The van der Waals surface area contributed by atoms with Crippen molar-refractivity contribution in [1.29, 1.82) is 0 Å². The molecule has 0 aromatic heterocycles. The zero-order valence-electron chi connectivity index (χ0n) is 12.6. The number of hydrogen-bond acceptors (Lipinski definition) is 3. The van der Waals surface area contributed by atoms with E-state index in [0.29, 0.717) is 12.5 Å². The van der Waals surface area contributed by atoms with Crippen LogP contribution in [0.4, 0.5) is 0 Å². The monoisotopic (exact) mass is 292 g/mol. The molecule has 20 heavy (non-hydrogen) atoms. The number of thioether (sulfide) groups is 1. The van der Waals surface area contributed by atoms with Crippen LogP contribution in [0.1, 0.15) is 38.4 Å². The Labute approximate surface area is 126 Å². The molecular formula is C16H24N2OS. The van der Waals surface area contributed by atoms with Crippen LogP contribution in [0.25, 0.3) is 0 Å². The topological polar surface area (TPSA) is 32.3 Å². The van der Waals surface area contributed by atoms with Crippen molar-refractivity contribution in [3.05, 3.63) is 29.8 Å². The average Bonchev–Trinajstić information content (AvgIpc) is 2.80. The van der Waals surface area contributed by atoms with Gasteiger partial charge < -0.3 is 4.90 Å². The summed E-state index contributed by atoms with van der Waals surface area (Å²) in [7, 11) is 0. The van der Waals surface area contributed by atoms with Crippen molar-refractivity contribution in [3.8, 4) is 0 Å². The Morgan fingerprint density at radius 3 is 2.65 bits per heavy atom. The van der Waals surface area contributed by atoms with Crippen molar-refractivity contribution in [3.63, 3.8) is 0 Å². The summed E-state index contributed by atoms with van der Waals surface area (Å²) in [5, 5.41) is 3.32. The predicted molar refractivity (Wildman–Crippen MR) is 84.8 cm³/mol. The van der Waals surface area contributed by atoms with E-state index in [2.05, 4.69) is 49.7 Å². The first-order chi connectivity index (χ1) is 9.61. The summed E-state index contributed by atoms with van der Waals surface area (Å²) in [6.07, 6.45) is 4.36. The van der Waals surface area contributed by atoms with Gasteiger partial charge in [0.25, 0.3) is 0 Å². The van der Waals surface area contributed by atoms with E-state index in [-0.39, 0.29) is 12.1 Å². The summed E-state index contributed by atoms with van der Waals surface area (Å²) in [6, 6.07) is 8.49. The Bertz CT molecular complexity index is 444. The van der Waals surface area contributed by atoms with E-state index >= 15 is 0 Å². The van der Waals surface area contributed by atoms with E-state index in [1.807, 2.05) is 4.90 Å². The zero-order valence-corrected chi connectivity index (χ0v) is 13.4. The fourth-order valence-electron chi connectivity index (χ4n) is 2.55. The highest BCUT2D eigenvalue weighted by molar-refractivity contribution is 7.98. The number of carbonyl (C=O) groups excluding carboxylic acids is 1. The third-order valence-corrected chi connectivity index (χ3v) is 4.43. The molecule has 1 aliphatic rings. The van der Waals surface area contributed by atoms with Gasteiger partial charge >= 0.3 is 0 Å². The number of nitrogens with zero attached hydrogens (tertiary/aromatic N) is 1. The molecule has 0 aliphatic carbocycles. The maximum atomic E-state index is 12.0. The number of hydrogen-bond donors (Lipinski definition) is 1. The fourth-order valence-corrected chi connectivity index (χ4v) is 2.96. The summed E-state index contributed by atoms with van der Waals surface area (Å²) < 4.78 is 0. The Hall–Kier alpha value is -1.00. The first kappa shape index (κ1) is 15.4. The second-order valence-corrected chi connectivity index (χ2v) is 6.56. The minimum atomic E-state index is 0.0468. The molecule has 1 aromatic rings. The summed E-state index contributed by atoms with van der Waals surface area (Å²) in [4.78, 5) is 15.3. The van der Waals surface area contributed by atoms with Crippen LogP contribution in [0.2, 0.25) is 0 Å². The predicted octanol–water partition coefficient (Wildman–Crippen LogP) is 3.28. The van der Waals surface area contributed by atoms with Gasteiger partial charge in [-0.25, -0.2) is 0 Å². The Morgan fingerprint density at radius 2 is 2.05 bits per heavy atom. The lowest BCUT2D eigenvalue weighted by molar-refractivity contribution is -0.128. The van der Waals surface area contributed by atoms with Gasteiger partial charge in [-0.2, -0.15) is 0 Å². The third-order valence-electron chi connectivity index (χ3n) is 3.69. The zero-order chi connectivity index (χ0) is 14.5. The summed E-state index contributed by atoms with van der Waals surface area (Å²) in [5.74, 6) is 0.910. The highest BCUT2D eigenvalue weighted by Gasteiger charge is 2.30. The van der Waals surface area contributed by atoms with Crippen molar-refractivity contribution < 1.29 is 4.79 Å². The molecule has 1 heterocycles. The lowest BCUT2D eigenvalue weighted by Gasteiger charge is -2.25. The smallest absolute Gasteiger partial charge is 0.238 e. The Balaban J connectivity index is 2.02. The van der Waals surface area contributed by atoms with Crippen LogP contribution in [0, 0.1) is 5.92 Å². The first-order valence-corrected chi connectivity index (χ1v) is 8.51. The van der Waals surface area contributed by atoms with Gasteiger partial charge in [-0.05, 0) is 42.7 Å². The number of rotatable bonds is 6. The maximum Gasteiger partial charge on any atom is 0.238 e. The van der Waals surface area contributed by atoms with Gasteiger partial charge in [0.15, 0.2) is 0 Å². The normalized spacial score (nSPS) is 19.1. The van der Waals surface area contributed by atoms with Crippen molar-refractivity contribution in [2.75, 3.05) is 19.3 Å². The molecule has 1 atom stereocenters. The van der Waals surface area contributed by atoms with Crippen LogP contribution in [0.15, 0.2) is 29.2 Å². The van der Waals surface area contributed by atoms with Gasteiger partial charge in [-0.1, -0.05) is 26.0 Å². The van der Waals surface area contributed by atoms with Gasteiger partial charge in [0.2, 0.25) is 5.91 Å². The van der Waals surface area contributed by atoms with Gasteiger partial charge in [0, 0.05) is 11.4 Å². The highest BCUT2D eigenvalue weighted by Crippen LogP contribution is 2.25.